The van der Waals surface area contributed by atoms with E-state index in [4.69, 9.17) is 0 Å². The fourth-order valence-electron chi connectivity index (χ4n) is 3.61. The van der Waals surface area contributed by atoms with Crippen LogP contribution in [0.4, 0.5) is 0 Å². The average molecular weight is 238 g/mol. The van der Waals surface area contributed by atoms with Gasteiger partial charge in [-0.3, -0.25) is 0 Å². The van der Waals surface area contributed by atoms with Gasteiger partial charge in [0.05, 0.1) is 6.10 Å². The second-order valence-corrected chi connectivity index (χ2v) is 6.75. The monoisotopic (exact) mass is 238 g/mol. The van der Waals surface area contributed by atoms with Crippen LogP contribution in [0.3, 0.4) is 0 Å². The van der Waals surface area contributed by atoms with Crippen molar-refractivity contribution in [3.8, 4) is 0 Å². The van der Waals surface area contributed by atoms with Crippen molar-refractivity contribution in [2.24, 2.45) is 23.7 Å². The van der Waals surface area contributed by atoms with E-state index in [1.54, 1.807) is 0 Å². The Kier molecular flexibility index (Phi) is 4.90. The zero-order chi connectivity index (χ0) is 12.3. The van der Waals surface area contributed by atoms with E-state index in [9.17, 15) is 5.11 Å². The molecule has 0 heterocycles. The lowest BCUT2D eigenvalue weighted by Crippen LogP contribution is -2.36. The summed E-state index contributed by atoms with van der Waals surface area (Å²) in [5.41, 5.74) is 0. The van der Waals surface area contributed by atoms with Crippen LogP contribution in [0.25, 0.3) is 0 Å². The molecule has 0 amide bonds. The molecule has 2 aliphatic carbocycles. The van der Waals surface area contributed by atoms with Crippen LogP contribution in [-0.2, 0) is 0 Å². The van der Waals surface area contributed by atoms with Crippen molar-refractivity contribution in [2.45, 2.75) is 77.7 Å². The van der Waals surface area contributed by atoms with Gasteiger partial charge in [-0.05, 0) is 36.5 Å². The topological polar surface area (TPSA) is 20.2 Å². The second kappa shape index (κ2) is 6.22. The van der Waals surface area contributed by atoms with Gasteiger partial charge in [-0.2, -0.15) is 0 Å². The van der Waals surface area contributed by atoms with Crippen LogP contribution < -0.4 is 0 Å². The largest absolute Gasteiger partial charge is 0.393 e. The van der Waals surface area contributed by atoms with E-state index in [2.05, 4.69) is 13.8 Å². The summed E-state index contributed by atoms with van der Waals surface area (Å²) in [6, 6.07) is 0. The number of rotatable bonds is 5. The molecule has 0 bridgehead atoms. The lowest BCUT2D eigenvalue weighted by Gasteiger charge is -2.37. The van der Waals surface area contributed by atoms with E-state index in [-0.39, 0.29) is 6.10 Å². The highest BCUT2D eigenvalue weighted by Gasteiger charge is 2.32. The van der Waals surface area contributed by atoms with Gasteiger partial charge in [0.2, 0.25) is 0 Å². The molecule has 0 aliphatic heterocycles. The van der Waals surface area contributed by atoms with E-state index in [0.29, 0.717) is 11.8 Å². The van der Waals surface area contributed by atoms with E-state index in [1.165, 1.54) is 57.8 Å². The minimum atomic E-state index is -0.0255. The zero-order valence-corrected chi connectivity index (χ0v) is 11.7. The first-order valence-corrected chi connectivity index (χ1v) is 7.86. The van der Waals surface area contributed by atoms with Crippen LogP contribution in [0, 0.1) is 23.7 Å². The molecule has 4 unspecified atom stereocenters. The highest BCUT2D eigenvalue weighted by Crippen LogP contribution is 2.37. The predicted molar refractivity (Wildman–Crippen MR) is 72.9 cm³/mol. The summed E-state index contributed by atoms with van der Waals surface area (Å²) in [5.74, 6) is 2.89. The molecule has 0 aromatic rings. The van der Waals surface area contributed by atoms with Crippen molar-refractivity contribution in [1.29, 1.82) is 0 Å². The SMILES string of the molecule is CC1CCC(CCCCC2CCC2)C(O)C1C. The fourth-order valence-corrected chi connectivity index (χ4v) is 3.61. The molecule has 2 saturated carbocycles. The highest BCUT2D eigenvalue weighted by atomic mass is 16.3. The summed E-state index contributed by atoms with van der Waals surface area (Å²) in [7, 11) is 0. The Morgan fingerprint density at radius 1 is 0.941 bits per heavy atom. The first kappa shape index (κ1) is 13.4. The van der Waals surface area contributed by atoms with E-state index >= 15 is 0 Å². The number of hydrogen-bond donors (Lipinski definition) is 1. The van der Waals surface area contributed by atoms with Crippen molar-refractivity contribution in [2.75, 3.05) is 0 Å². The Labute approximate surface area is 107 Å². The molecule has 17 heavy (non-hydrogen) atoms. The maximum atomic E-state index is 10.3. The van der Waals surface area contributed by atoms with Gasteiger partial charge in [0, 0.05) is 0 Å². The molecular weight excluding hydrogens is 208 g/mol. The minimum Gasteiger partial charge on any atom is -0.393 e. The van der Waals surface area contributed by atoms with E-state index in [1.807, 2.05) is 0 Å². The standard InChI is InChI=1S/C16H30O/c1-12-10-11-15(16(17)13(12)2)9-4-3-6-14-7-5-8-14/h12-17H,3-11H2,1-2H3. The number of hydrogen-bond acceptors (Lipinski definition) is 1. The third-order valence-corrected chi connectivity index (χ3v) is 5.57. The predicted octanol–water partition coefficient (Wildman–Crippen LogP) is 4.39. The first-order chi connectivity index (χ1) is 8.18. The Morgan fingerprint density at radius 3 is 2.29 bits per heavy atom. The van der Waals surface area contributed by atoms with Crippen molar-refractivity contribution in [3.63, 3.8) is 0 Å². The quantitative estimate of drug-likeness (QED) is 0.704. The molecule has 0 spiro atoms. The van der Waals surface area contributed by atoms with Crippen LogP contribution in [0.5, 0.6) is 0 Å². The van der Waals surface area contributed by atoms with Gasteiger partial charge in [-0.15, -0.1) is 0 Å². The maximum absolute atomic E-state index is 10.3. The van der Waals surface area contributed by atoms with Crippen LogP contribution in [0.1, 0.15) is 71.6 Å². The molecule has 1 nitrogen and oxygen atoms in total. The van der Waals surface area contributed by atoms with Crippen LogP contribution in [-0.4, -0.2) is 11.2 Å². The van der Waals surface area contributed by atoms with Crippen LogP contribution >= 0.6 is 0 Å². The summed E-state index contributed by atoms with van der Waals surface area (Å²) in [6.07, 6.45) is 12.5. The van der Waals surface area contributed by atoms with Crippen molar-refractivity contribution in [3.05, 3.63) is 0 Å². The molecule has 2 aliphatic rings. The zero-order valence-electron chi connectivity index (χ0n) is 11.7. The molecule has 0 radical (unpaired) electrons. The van der Waals surface area contributed by atoms with Gasteiger partial charge in [0.15, 0.2) is 0 Å². The van der Waals surface area contributed by atoms with Gasteiger partial charge < -0.3 is 5.11 Å². The Morgan fingerprint density at radius 2 is 1.65 bits per heavy atom. The molecule has 0 aromatic carbocycles. The molecule has 100 valence electrons. The van der Waals surface area contributed by atoms with Crippen LogP contribution in [0.15, 0.2) is 0 Å². The minimum absolute atomic E-state index is 0.0255. The second-order valence-electron chi connectivity index (χ2n) is 6.75. The van der Waals surface area contributed by atoms with Crippen molar-refractivity contribution in [1.82, 2.24) is 0 Å². The summed E-state index contributed by atoms with van der Waals surface area (Å²) >= 11 is 0. The average Bonchev–Trinajstić information content (AvgIpc) is 2.26. The number of aliphatic hydroxyl groups is 1. The van der Waals surface area contributed by atoms with Gasteiger partial charge in [-0.1, -0.05) is 58.8 Å². The van der Waals surface area contributed by atoms with Gasteiger partial charge in [0.25, 0.3) is 0 Å². The lowest BCUT2D eigenvalue weighted by molar-refractivity contribution is -0.00568. The van der Waals surface area contributed by atoms with Gasteiger partial charge in [0.1, 0.15) is 0 Å². The smallest absolute Gasteiger partial charge is 0.0596 e. The summed E-state index contributed by atoms with van der Waals surface area (Å²) in [4.78, 5) is 0. The van der Waals surface area contributed by atoms with Crippen LogP contribution in [0.2, 0.25) is 0 Å². The fraction of sp³-hybridized carbons (Fsp3) is 1.00. The molecule has 2 fully saturated rings. The van der Waals surface area contributed by atoms with Crippen molar-refractivity contribution >= 4 is 0 Å². The molecule has 4 atom stereocenters. The molecule has 0 saturated heterocycles. The molecule has 1 heteroatoms. The molecule has 2 rings (SSSR count). The first-order valence-electron chi connectivity index (χ1n) is 7.86. The normalized spacial score (nSPS) is 39.0. The third-order valence-electron chi connectivity index (χ3n) is 5.57. The summed E-state index contributed by atoms with van der Waals surface area (Å²) < 4.78 is 0. The lowest BCUT2D eigenvalue weighted by atomic mass is 9.72. The summed E-state index contributed by atoms with van der Waals surface area (Å²) in [6.45, 7) is 4.52. The number of unbranched alkanes of at least 4 members (excludes halogenated alkanes) is 1. The molecule has 1 N–H and O–H groups in total. The molecule has 0 aromatic heterocycles. The highest BCUT2D eigenvalue weighted by molar-refractivity contribution is 4.83. The van der Waals surface area contributed by atoms with Crippen molar-refractivity contribution < 1.29 is 5.11 Å². The van der Waals surface area contributed by atoms with Gasteiger partial charge >= 0.3 is 0 Å². The van der Waals surface area contributed by atoms with E-state index in [0.717, 1.165) is 11.8 Å². The Hall–Kier alpha value is -0.0400. The van der Waals surface area contributed by atoms with E-state index < -0.39 is 0 Å². The van der Waals surface area contributed by atoms with Gasteiger partial charge in [-0.25, -0.2) is 0 Å². The maximum Gasteiger partial charge on any atom is 0.0596 e. The third kappa shape index (κ3) is 3.47. The summed E-state index contributed by atoms with van der Waals surface area (Å²) in [5, 5.41) is 10.3. The number of aliphatic hydroxyl groups excluding tert-OH is 1. The Balaban J connectivity index is 1.61. The Bertz CT molecular complexity index is 222. The molecular formula is C16H30O.